The van der Waals surface area contributed by atoms with Gasteiger partial charge < -0.3 is 5.32 Å². The zero-order chi connectivity index (χ0) is 14.8. The Hall–Kier alpha value is -1.27. The van der Waals surface area contributed by atoms with Crippen molar-refractivity contribution in [3.8, 4) is 0 Å². The molecule has 0 aliphatic carbocycles. The SMILES string of the molecule is O=C1CCN(Cc2ccccc2Cl)C(C(F)(F)F)CN1. The highest BCUT2D eigenvalue weighted by atomic mass is 35.5. The van der Waals surface area contributed by atoms with Gasteiger partial charge in [-0.3, -0.25) is 9.69 Å². The summed E-state index contributed by atoms with van der Waals surface area (Å²) in [6.45, 7) is -0.299. The highest BCUT2D eigenvalue weighted by molar-refractivity contribution is 6.31. The third-order valence-electron chi connectivity index (χ3n) is 3.27. The maximum absolute atomic E-state index is 13.1. The molecule has 1 saturated heterocycles. The van der Waals surface area contributed by atoms with E-state index in [-0.39, 0.29) is 25.4 Å². The van der Waals surface area contributed by atoms with Gasteiger partial charge in [0.25, 0.3) is 0 Å². The summed E-state index contributed by atoms with van der Waals surface area (Å²) >= 11 is 5.98. The molecule has 1 atom stereocenters. The van der Waals surface area contributed by atoms with E-state index in [0.717, 1.165) is 0 Å². The minimum absolute atomic E-state index is 0.0526. The molecule has 1 aliphatic rings. The van der Waals surface area contributed by atoms with Crippen LogP contribution in [-0.2, 0) is 11.3 Å². The van der Waals surface area contributed by atoms with E-state index in [2.05, 4.69) is 5.32 Å². The van der Waals surface area contributed by atoms with Crippen molar-refractivity contribution in [3.05, 3.63) is 34.9 Å². The summed E-state index contributed by atoms with van der Waals surface area (Å²) in [7, 11) is 0. The first kappa shape index (κ1) is 15.1. The van der Waals surface area contributed by atoms with Gasteiger partial charge in [0.05, 0.1) is 0 Å². The number of nitrogens with zero attached hydrogens (tertiary/aromatic N) is 1. The number of nitrogens with one attached hydrogen (secondary N) is 1. The number of carbonyl (C=O) groups is 1. The van der Waals surface area contributed by atoms with E-state index in [1.165, 1.54) is 4.90 Å². The molecule has 1 aromatic rings. The van der Waals surface area contributed by atoms with Gasteiger partial charge in [-0.2, -0.15) is 13.2 Å². The first-order chi connectivity index (χ1) is 9.38. The predicted molar refractivity (Wildman–Crippen MR) is 69.3 cm³/mol. The Morgan fingerprint density at radius 2 is 2.05 bits per heavy atom. The largest absolute Gasteiger partial charge is 0.405 e. The highest BCUT2D eigenvalue weighted by Gasteiger charge is 2.44. The van der Waals surface area contributed by atoms with Gasteiger partial charge in [-0.1, -0.05) is 29.8 Å². The molecule has 1 aliphatic heterocycles. The molecular weight excluding hydrogens is 293 g/mol. The average Bonchev–Trinajstić information content (AvgIpc) is 2.54. The zero-order valence-electron chi connectivity index (χ0n) is 10.6. The molecule has 3 nitrogen and oxygen atoms in total. The number of rotatable bonds is 2. The van der Waals surface area contributed by atoms with Crippen molar-refractivity contribution in [2.24, 2.45) is 0 Å². The van der Waals surface area contributed by atoms with Gasteiger partial charge in [0.15, 0.2) is 0 Å². The molecule has 1 heterocycles. The van der Waals surface area contributed by atoms with Crippen LogP contribution in [0, 0.1) is 0 Å². The van der Waals surface area contributed by atoms with Crippen molar-refractivity contribution in [3.63, 3.8) is 0 Å². The van der Waals surface area contributed by atoms with E-state index in [1.807, 2.05) is 0 Å². The van der Waals surface area contributed by atoms with Crippen LogP contribution in [0.5, 0.6) is 0 Å². The maximum Gasteiger partial charge on any atom is 0.405 e. The smallest absolute Gasteiger partial charge is 0.354 e. The monoisotopic (exact) mass is 306 g/mol. The van der Waals surface area contributed by atoms with Crippen molar-refractivity contribution < 1.29 is 18.0 Å². The number of alkyl halides is 3. The minimum atomic E-state index is -4.39. The van der Waals surface area contributed by atoms with E-state index < -0.39 is 18.8 Å². The molecule has 0 aromatic heterocycles. The molecule has 2 rings (SSSR count). The fourth-order valence-corrected chi connectivity index (χ4v) is 2.38. The topological polar surface area (TPSA) is 32.3 Å². The van der Waals surface area contributed by atoms with E-state index >= 15 is 0 Å². The summed E-state index contributed by atoms with van der Waals surface area (Å²) in [5.41, 5.74) is 0.623. The number of benzene rings is 1. The van der Waals surface area contributed by atoms with Crippen LogP contribution in [-0.4, -0.2) is 36.1 Å². The second kappa shape index (κ2) is 6.01. The van der Waals surface area contributed by atoms with Gasteiger partial charge in [0.1, 0.15) is 6.04 Å². The summed E-state index contributed by atoms with van der Waals surface area (Å²) in [4.78, 5) is 12.5. The Morgan fingerprint density at radius 1 is 1.35 bits per heavy atom. The van der Waals surface area contributed by atoms with E-state index in [0.29, 0.717) is 10.6 Å². The summed E-state index contributed by atoms with van der Waals surface area (Å²) in [6.07, 6.45) is -4.34. The van der Waals surface area contributed by atoms with Gasteiger partial charge in [0.2, 0.25) is 5.91 Å². The van der Waals surface area contributed by atoms with E-state index in [9.17, 15) is 18.0 Å². The van der Waals surface area contributed by atoms with Gasteiger partial charge in [-0.25, -0.2) is 0 Å². The summed E-state index contributed by atoms with van der Waals surface area (Å²) in [6, 6.07) is 5.09. The lowest BCUT2D eigenvalue weighted by Gasteiger charge is -2.31. The Bertz CT molecular complexity index is 493. The molecule has 0 radical (unpaired) electrons. The molecule has 7 heteroatoms. The maximum atomic E-state index is 13.1. The van der Waals surface area contributed by atoms with Crippen molar-refractivity contribution in [2.75, 3.05) is 13.1 Å². The van der Waals surface area contributed by atoms with E-state index in [1.54, 1.807) is 24.3 Å². The lowest BCUT2D eigenvalue weighted by Crippen LogP contribution is -2.49. The number of carbonyl (C=O) groups excluding carboxylic acids is 1. The second-order valence-corrected chi connectivity index (χ2v) is 5.08. The molecule has 1 fully saturated rings. The van der Waals surface area contributed by atoms with Crippen molar-refractivity contribution >= 4 is 17.5 Å². The van der Waals surface area contributed by atoms with Gasteiger partial charge in [-0.05, 0) is 11.6 Å². The van der Waals surface area contributed by atoms with Crippen LogP contribution in [0.1, 0.15) is 12.0 Å². The predicted octanol–water partition coefficient (Wildman–Crippen LogP) is 2.59. The molecule has 0 saturated carbocycles. The Morgan fingerprint density at radius 3 is 2.70 bits per heavy atom. The van der Waals surface area contributed by atoms with Crippen LogP contribution >= 0.6 is 11.6 Å². The molecule has 1 N–H and O–H groups in total. The van der Waals surface area contributed by atoms with Crippen molar-refractivity contribution in [2.45, 2.75) is 25.2 Å². The van der Waals surface area contributed by atoms with Crippen LogP contribution < -0.4 is 5.32 Å². The lowest BCUT2D eigenvalue weighted by atomic mass is 10.1. The van der Waals surface area contributed by atoms with E-state index in [4.69, 9.17) is 11.6 Å². The fourth-order valence-electron chi connectivity index (χ4n) is 2.19. The Balaban J connectivity index is 2.21. The highest BCUT2D eigenvalue weighted by Crippen LogP contribution is 2.28. The average molecular weight is 307 g/mol. The first-order valence-corrected chi connectivity index (χ1v) is 6.56. The van der Waals surface area contributed by atoms with Crippen LogP contribution in [0.4, 0.5) is 13.2 Å². The van der Waals surface area contributed by atoms with Crippen molar-refractivity contribution in [1.82, 2.24) is 10.2 Å². The molecule has 1 unspecified atom stereocenters. The minimum Gasteiger partial charge on any atom is -0.354 e. The van der Waals surface area contributed by atoms with Gasteiger partial charge >= 0.3 is 6.18 Å². The third kappa shape index (κ3) is 3.64. The molecule has 1 aromatic carbocycles. The molecule has 1 amide bonds. The van der Waals surface area contributed by atoms with Crippen LogP contribution in [0.3, 0.4) is 0 Å². The number of hydrogen-bond acceptors (Lipinski definition) is 2. The lowest BCUT2D eigenvalue weighted by molar-refractivity contribution is -0.182. The summed E-state index contributed by atoms with van der Waals surface area (Å²) in [5.74, 6) is -0.360. The Kier molecular flexibility index (Phi) is 4.55. The molecule has 110 valence electrons. The standard InChI is InChI=1S/C13H14ClF3N2O/c14-10-4-2-1-3-9(10)8-19-6-5-12(20)18-7-11(19)13(15,16)17/h1-4,11H,5-8H2,(H,18,20). The number of hydrogen-bond donors (Lipinski definition) is 1. The summed E-state index contributed by atoms with van der Waals surface area (Å²) in [5, 5.41) is 2.73. The van der Waals surface area contributed by atoms with Crippen LogP contribution in [0.2, 0.25) is 5.02 Å². The van der Waals surface area contributed by atoms with Gasteiger partial charge in [-0.15, -0.1) is 0 Å². The first-order valence-electron chi connectivity index (χ1n) is 6.19. The molecule has 0 spiro atoms. The quantitative estimate of drug-likeness (QED) is 0.911. The molecule has 0 bridgehead atoms. The van der Waals surface area contributed by atoms with Gasteiger partial charge in [0, 0.05) is 31.1 Å². The second-order valence-electron chi connectivity index (χ2n) is 4.67. The zero-order valence-corrected chi connectivity index (χ0v) is 11.3. The van der Waals surface area contributed by atoms with Crippen LogP contribution in [0.15, 0.2) is 24.3 Å². The molecule has 20 heavy (non-hydrogen) atoms. The Labute approximate surface area is 119 Å². The summed E-state index contributed by atoms with van der Waals surface area (Å²) < 4.78 is 39.2. The fraction of sp³-hybridized carbons (Fsp3) is 0.462. The third-order valence-corrected chi connectivity index (χ3v) is 3.64. The normalized spacial score (nSPS) is 21.4. The van der Waals surface area contributed by atoms with Crippen molar-refractivity contribution in [1.29, 1.82) is 0 Å². The molecular formula is C13H14ClF3N2O. The number of halogens is 4. The van der Waals surface area contributed by atoms with Crippen LogP contribution in [0.25, 0.3) is 0 Å². The number of amides is 1.